The number of nitrogens with one attached hydrogen (secondary N) is 1. The number of benzene rings is 2. The molecule has 1 atom stereocenters. The molecule has 0 aliphatic carbocycles. The van der Waals surface area contributed by atoms with E-state index in [9.17, 15) is 15.3 Å². The Morgan fingerprint density at radius 3 is 2.42 bits per heavy atom. The first-order valence-electron chi connectivity index (χ1n) is 6.12. The topological polar surface area (TPSA) is 72.7 Å². The highest BCUT2D eigenvalue weighted by molar-refractivity contribution is 5.44. The van der Waals surface area contributed by atoms with Crippen LogP contribution < -0.4 is 5.32 Å². The van der Waals surface area contributed by atoms with Crippen LogP contribution in [-0.2, 0) is 6.54 Å². The molecule has 0 heterocycles. The van der Waals surface area contributed by atoms with Crippen LogP contribution in [0.4, 0.5) is 0 Å². The molecule has 4 heteroatoms. The normalized spacial score (nSPS) is 12.3. The molecule has 0 aromatic heterocycles. The standard InChI is InChI=1S/C15H17NO3/c17-13-8-4-7-12(15(13)19)9-16-10-14(18)11-5-2-1-3-6-11/h1-8,14,16-19H,9-10H2. The van der Waals surface area contributed by atoms with Gasteiger partial charge in [-0.3, -0.25) is 0 Å². The Morgan fingerprint density at radius 1 is 0.947 bits per heavy atom. The summed E-state index contributed by atoms with van der Waals surface area (Å²) < 4.78 is 0. The van der Waals surface area contributed by atoms with Crippen molar-refractivity contribution in [3.63, 3.8) is 0 Å². The van der Waals surface area contributed by atoms with Crippen molar-refractivity contribution in [2.24, 2.45) is 0 Å². The average molecular weight is 259 g/mol. The molecule has 0 spiro atoms. The molecule has 4 nitrogen and oxygen atoms in total. The summed E-state index contributed by atoms with van der Waals surface area (Å²) in [6, 6.07) is 14.2. The van der Waals surface area contributed by atoms with Gasteiger partial charge in [0.05, 0.1) is 6.10 Å². The molecule has 100 valence electrons. The second-order valence-corrected chi connectivity index (χ2v) is 4.34. The molecular formula is C15H17NO3. The second-order valence-electron chi connectivity index (χ2n) is 4.34. The molecule has 0 saturated carbocycles. The van der Waals surface area contributed by atoms with Crippen molar-refractivity contribution in [1.29, 1.82) is 0 Å². The fourth-order valence-electron chi connectivity index (χ4n) is 1.86. The summed E-state index contributed by atoms with van der Waals surface area (Å²) in [5, 5.41) is 32.0. The number of para-hydroxylation sites is 1. The van der Waals surface area contributed by atoms with Crippen molar-refractivity contribution in [3.8, 4) is 11.5 Å². The van der Waals surface area contributed by atoms with Crippen molar-refractivity contribution in [2.75, 3.05) is 6.54 Å². The Hall–Kier alpha value is -2.04. The fraction of sp³-hybridized carbons (Fsp3) is 0.200. The number of hydrogen-bond acceptors (Lipinski definition) is 4. The third kappa shape index (κ3) is 3.47. The van der Waals surface area contributed by atoms with Crippen LogP contribution in [0.3, 0.4) is 0 Å². The Morgan fingerprint density at radius 2 is 1.68 bits per heavy atom. The van der Waals surface area contributed by atoms with Gasteiger partial charge in [0.1, 0.15) is 0 Å². The fourth-order valence-corrected chi connectivity index (χ4v) is 1.86. The van der Waals surface area contributed by atoms with Gasteiger partial charge in [-0.15, -0.1) is 0 Å². The van der Waals surface area contributed by atoms with Crippen molar-refractivity contribution in [2.45, 2.75) is 12.6 Å². The summed E-state index contributed by atoms with van der Waals surface area (Å²) >= 11 is 0. The third-order valence-electron chi connectivity index (χ3n) is 2.94. The summed E-state index contributed by atoms with van der Waals surface area (Å²) in [5.74, 6) is -0.257. The molecule has 0 radical (unpaired) electrons. The molecule has 0 amide bonds. The minimum Gasteiger partial charge on any atom is -0.504 e. The Labute approximate surface area is 112 Å². The predicted molar refractivity (Wildman–Crippen MR) is 72.9 cm³/mol. The Balaban J connectivity index is 1.88. The van der Waals surface area contributed by atoms with Gasteiger partial charge in [0.2, 0.25) is 0 Å². The summed E-state index contributed by atoms with van der Waals surface area (Å²) in [6.45, 7) is 0.753. The summed E-state index contributed by atoms with van der Waals surface area (Å²) in [5.41, 5.74) is 1.44. The zero-order chi connectivity index (χ0) is 13.7. The van der Waals surface area contributed by atoms with Crippen molar-refractivity contribution in [3.05, 3.63) is 59.7 Å². The van der Waals surface area contributed by atoms with Crippen LogP contribution in [0.2, 0.25) is 0 Å². The monoisotopic (exact) mass is 259 g/mol. The first-order chi connectivity index (χ1) is 9.18. The van der Waals surface area contributed by atoms with Crippen LogP contribution in [0.25, 0.3) is 0 Å². The van der Waals surface area contributed by atoms with Crippen LogP contribution in [0, 0.1) is 0 Å². The maximum Gasteiger partial charge on any atom is 0.161 e. The second kappa shape index (κ2) is 6.22. The SMILES string of the molecule is Oc1cccc(CNCC(O)c2ccccc2)c1O. The van der Waals surface area contributed by atoms with Gasteiger partial charge >= 0.3 is 0 Å². The summed E-state index contributed by atoms with van der Waals surface area (Å²) in [4.78, 5) is 0. The lowest BCUT2D eigenvalue weighted by Crippen LogP contribution is -2.21. The largest absolute Gasteiger partial charge is 0.504 e. The molecule has 0 saturated heterocycles. The number of rotatable bonds is 5. The van der Waals surface area contributed by atoms with Gasteiger partial charge < -0.3 is 20.6 Å². The number of hydrogen-bond donors (Lipinski definition) is 4. The highest BCUT2D eigenvalue weighted by atomic mass is 16.3. The molecule has 2 aromatic carbocycles. The smallest absolute Gasteiger partial charge is 0.161 e. The minimum atomic E-state index is -0.597. The van der Waals surface area contributed by atoms with Crippen LogP contribution in [0.15, 0.2) is 48.5 Å². The van der Waals surface area contributed by atoms with Gasteiger partial charge in [-0.05, 0) is 11.6 Å². The molecule has 0 fully saturated rings. The first kappa shape index (κ1) is 13.4. The van der Waals surface area contributed by atoms with Crippen LogP contribution in [0.1, 0.15) is 17.2 Å². The van der Waals surface area contributed by atoms with Gasteiger partial charge in [0.15, 0.2) is 11.5 Å². The lowest BCUT2D eigenvalue weighted by Gasteiger charge is -2.13. The lowest BCUT2D eigenvalue weighted by molar-refractivity contribution is 0.174. The van der Waals surface area contributed by atoms with E-state index in [1.54, 1.807) is 12.1 Å². The first-order valence-corrected chi connectivity index (χ1v) is 6.12. The lowest BCUT2D eigenvalue weighted by atomic mass is 10.1. The van der Waals surface area contributed by atoms with Gasteiger partial charge in [-0.2, -0.15) is 0 Å². The number of phenolic OH excluding ortho intramolecular Hbond substituents is 2. The van der Waals surface area contributed by atoms with E-state index in [-0.39, 0.29) is 11.5 Å². The minimum absolute atomic E-state index is 0.121. The van der Waals surface area contributed by atoms with Crippen LogP contribution >= 0.6 is 0 Å². The van der Waals surface area contributed by atoms with Gasteiger partial charge in [0.25, 0.3) is 0 Å². The van der Waals surface area contributed by atoms with E-state index in [4.69, 9.17) is 0 Å². The predicted octanol–water partition coefficient (Wildman–Crippen LogP) is 1.92. The van der Waals surface area contributed by atoms with E-state index in [0.717, 1.165) is 5.56 Å². The highest BCUT2D eigenvalue weighted by Crippen LogP contribution is 2.27. The van der Waals surface area contributed by atoms with Crippen LogP contribution in [-0.4, -0.2) is 21.9 Å². The van der Waals surface area contributed by atoms with Gasteiger partial charge in [0, 0.05) is 18.7 Å². The van der Waals surface area contributed by atoms with Gasteiger partial charge in [-0.1, -0.05) is 42.5 Å². The zero-order valence-electron chi connectivity index (χ0n) is 10.5. The molecule has 0 aliphatic heterocycles. The van der Waals surface area contributed by atoms with Crippen molar-refractivity contribution in [1.82, 2.24) is 5.32 Å². The average Bonchev–Trinajstić information content (AvgIpc) is 2.44. The van der Waals surface area contributed by atoms with E-state index in [0.29, 0.717) is 18.7 Å². The molecule has 1 unspecified atom stereocenters. The Kier molecular flexibility index (Phi) is 4.39. The molecule has 0 aliphatic rings. The number of aliphatic hydroxyl groups is 1. The molecule has 19 heavy (non-hydrogen) atoms. The maximum absolute atomic E-state index is 9.95. The molecule has 2 rings (SSSR count). The maximum atomic E-state index is 9.95. The molecule has 0 bridgehead atoms. The van der Waals surface area contributed by atoms with E-state index >= 15 is 0 Å². The van der Waals surface area contributed by atoms with Crippen molar-refractivity contribution >= 4 is 0 Å². The number of phenols is 2. The number of aliphatic hydroxyl groups excluding tert-OH is 1. The van der Waals surface area contributed by atoms with E-state index < -0.39 is 6.10 Å². The van der Waals surface area contributed by atoms with E-state index in [1.165, 1.54) is 6.07 Å². The quantitative estimate of drug-likeness (QED) is 0.619. The highest BCUT2D eigenvalue weighted by Gasteiger charge is 2.08. The van der Waals surface area contributed by atoms with E-state index in [1.807, 2.05) is 30.3 Å². The molecule has 4 N–H and O–H groups in total. The Bertz CT molecular complexity index is 528. The molecular weight excluding hydrogens is 242 g/mol. The van der Waals surface area contributed by atoms with Crippen LogP contribution in [0.5, 0.6) is 11.5 Å². The summed E-state index contributed by atoms with van der Waals surface area (Å²) in [7, 11) is 0. The summed E-state index contributed by atoms with van der Waals surface area (Å²) in [6.07, 6.45) is -0.597. The number of aromatic hydroxyl groups is 2. The molecule has 2 aromatic rings. The zero-order valence-corrected chi connectivity index (χ0v) is 10.5. The third-order valence-corrected chi connectivity index (χ3v) is 2.94. The van der Waals surface area contributed by atoms with E-state index in [2.05, 4.69) is 5.32 Å². The van der Waals surface area contributed by atoms with Crippen molar-refractivity contribution < 1.29 is 15.3 Å². The van der Waals surface area contributed by atoms with Gasteiger partial charge in [-0.25, -0.2) is 0 Å².